The second-order valence-corrected chi connectivity index (χ2v) is 6.84. The molecule has 0 aliphatic carbocycles. The van der Waals surface area contributed by atoms with Crippen molar-refractivity contribution < 1.29 is 0 Å². The number of nitrogens with one attached hydrogen (secondary N) is 1. The number of nitrogens with zero attached hydrogens (tertiary/aromatic N) is 2. The molecule has 0 saturated carbocycles. The average Bonchev–Trinajstić information content (AvgIpc) is 2.35. The first-order valence-electron chi connectivity index (χ1n) is 6.83. The molecule has 0 bridgehead atoms. The standard InChI is InChI=1S/C15H24BrN3/c1-15(2)11-19(12(9-17-3)10-18(15)4)14-8-6-5-7-13(14)16/h5-8,12,17H,9-11H2,1-4H3. The first-order valence-corrected chi connectivity index (χ1v) is 7.62. The maximum absolute atomic E-state index is 3.69. The first kappa shape index (κ1) is 14.8. The van der Waals surface area contributed by atoms with Gasteiger partial charge in [-0.15, -0.1) is 0 Å². The van der Waals surface area contributed by atoms with Gasteiger partial charge in [-0.25, -0.2) is 0 Å². The van der Waals surface area contributed by atoms with Gasteiger partial charge in [-0.05, 0) is 56.0 Å². The zero-order chi connectivity index (χ0) is 14.0. The van der Waals surface area contributed by atoms with E-state index < -0.39 is 0 Å². The summed E-state index contributed by atoms with van der Waals surface area (Å²) in [5.41, 5.74) is 1.49. The molecule has 2 rings (SSSR count). The lowest BCUT2D eigenvalue weighted by Crippen LogP contribution is -2.64. The summed E-state index contributed by atoms with van der Waals surface area (Å²) >= 11 is 3.69. The molecule has 1 aliphatic rings. The Morgan fingerprint density at radius 2 is 2.05 bits per heavy atom. The largest absolute Gasteiger partial charge is 0.363 e. The van der Waals surface area contributed by atoms with Crippen molar-refractivity contribution in [2.24, 2.45) is 0 Å². The molecule has 0 amide bonds. The van der Waals surface area contributed by atoms with Gasteiger partial charge < -0.3 is 10.2 Å². The lowest BCUT2D eigenvalue weighted by molar-refractivity contribution is 0.114. The van der Waals surface area contributed by atoms with Crippen LogP contribution in [0, 0.1) is 0 Å². The topological polar surface area (TPSA) is 18.5 Å². The van der Waals surface area contributed by atoms with E-state index in [0.717, 1.165) is 19.6 Å². The van der Waals surface area contributed by atoms with Crippen molar-refractivity contribution in [3.05, 3.63) is 28.7 Å². The molecule has 0 radical (unpaired) electrons. The minimum absolute atomic E-state index is 0.194. The Morgan fingerprint density at radius 3 is 2.68 bits per heavy atom. The summed E-state index contributed by atoms with van der Waals surface area (Å²) < 4.78 is 1.18. The smallest absolute Gasteiger partial charge is 0.0542 e. The molecule has 19 heavy (non-hydrogen) atoms. The van der Waals surface area contributed by atoms with Crippen LogP contribution in [0.15, 0.2) is 28.7 Å². The van der Waals surface area contributed by atoms with Crippen molar-refractivity contribution in [2.75, 3.05) is 38.6 Å². The molecular weight excluding hydrogens is 302 g/mol. The number of hydrogen-bond acceptors (Lipinski definition) is 3. The molecule has 1 unspecified atom stereocenters. The lowest BCUT2D eigenvalue weighted by Gasteiger charge is -2.51. The second-order valence-electron chi connectivity index (χ2n) is 5.98. The maximum Gasteiger partial charge on any atom is 0.0542 e. The van der Waals surface area contributed by atoms with Gasteiger partial charge in [0, 0.05) is 29.6 Å². The van der Waals surface area contributed by atoms with Crippen molar-refractivity contribution in [1.82, 2.24) is 10.2 Å². The Kier molecular flexibility index (Phi) is 4.54. The number of para-hydroxylation sites is 1. The fourth-order valence-corrected chi connectivity index (χ4v) is 3.22. The van der Waals surface area contributed by atoms with E-state index in [2.05, 4.69) is 76.2 Å². The van der Waals surface area contributed by atoms with Crippen LogP contribution in [-0.2, 0) is 0 Å². The highest BCUT2D eigenvalue weighted by Gasteiger charge is 2.37. The van der Waals surface area contributed by atoms with Crippen LogP contribution in [0.25, 0.3) is 0 Å². The highest BCUT2D eigenvalue weighted by molar-refractivity contribution is 9.10. The number of halogens is 1. The SMILES string of the molecule is CNCC1CN(C)C(C)(C)CN1c1ccccc1Br. The van der Waals surface area contributed by atoms with Gasteiger partial charge in [-0.1, -0.05) is 12.1 Å². The molecule has 0 aromatic heterocycles. The molecule has 1 aromatic carbocycles. The van der Waals surface area contributed by atoms with Gasteiger partial charge in [-0.2, -0.15) is 0 Å². The van der Waals surface area contributed by atoms with Crippen molar-refractivity contribution in [3.63, 3.8) is 0 Å². The van der Waals surface area contributed by atoms with Crippen molar-refractivity contribution >= 4 is 21.6 Å². The molecule has 1 fully saturated rings. The quantitative estimate of drug-likeness (QED) is 0.921. The van der Waals surface area contributed by atoms with Gasteiger partial charge >= 0.3 is 0 Å². The third-order valence-electron chi connectivity index (χ3n) is 4.12. The lowest BCUT2D eigenvalue weighted by atomic mass is 9.95. The summed E-state index contributed by atoms with van der Waals surface area (Å²) in [5, 5.41) is 3.32. The Bertz CT molecular complexity index is 433. The Morgan fingerprint density at radius 1 is 1.37 bits per heavy atom. The van der Waals surface area contributed by atoms with Crippen LogP contribution in [0.5, 0.6) is 0 Å². The maximum atomic E-state index is 3.69. The van der Waals surface area contributed by atoms with E-state index >= 15 is 0 Å². The first-order chi connectivity index (χ1) is 8.95. The fourth-order valence-electron chi connectivity index (χ4n) is 2.71. The summed E-state index contributed by atoms with van der Waals surface area (Å²) in [4.78, 5) is 4.99. The molecule has 4 heteroatoms. The number of hydrogen-bond donors (Lipinski definition) is 1. The van der Waals surface area contributed by atoms with Gasteiger partial charge in [-0.3, -0.25) is 4.90 Å². The number of likely N-dealkylation sites (N-methyl/N-ethyl adjacent to an activating group) is 2. The van der Waals surface area contributed by atoms with E-state index in [4.69, 9.17) is 0 Å². The molecule has 1 aliphatic heterocycles. The Labute approximate surface area is 125 Å². The van der Waals surface area contributed by atoms with Crippen LogP contribution in [0.4, 0.5) is 5.69 Å². The van der Waals surface area contributed by atoms with Crippen molar-refractivity contribution in [3.8, 4) is 0 Å². The summed E-state index contributed by atoms with van der Waals surface area (Å²) in [7, 11) is 4.25. The molecule has 1 heterocycles. The zero-order valence-corrected chi connectivity index (χ0v) is 13.9. The number of anilines is 1. The van der Waals surface area contributed by atoms with Crippen molar-refractivity contribution in [1.29, 1.82) is 0 Å². The molecule has 3 nitrogen and oxygen atoms in total. The van der Waals surface area contributed by atoms with E-state index in [0.29, 0.717) is 6.04 Å². The molecule has 1 saturated heterocycles. The van der Waals surface area contributed by atoms with Crippen LogP contribution in [0.1, 0.15) is 13.8 Å². The number of benzene rings is 1. The predicted molar refractivity (Wildman–Crippen MR) is 85.9 cm³/mol. The summed E-state index contributed by atoms with van der Waals surface area (Å²) in [6.07, 6.45) is 0. The highest BCUT2D eigenvalue weighted by atomic mass is 79.9. The fraction of sp³-hybridized carbons (Fsp3) is 0.600. The van der Waals surface area contributed by atoms with Crippen LogP contribution in [0.2, 0.25) is 0 Å². The van der Waals surface area contributed by atoms with E-state index in [1.165, 1.54) is 10.2 Å². The summed E-state index contributed by atoms with van der Waals surface area (Å²) in [6.45, 7) is 7.74. The molecule has 1 N–H and O–H groups in total. The average molecular weight is 326 g/mol. The van der Waals surface area contributed by atoms with E-state index in [1.54, 1.807) is 0 Å². The number of piperazine rings is 1. The third-order valence-corrected chi connectivity index (χ3v) is 4.79. The zero-order valence-electron chi connectivity index (χ0n) is 12.3. The van der Waals surface area contributed by atoms with Crippen LogP contribution < -0.4 is 10.2 Å². The monoisotopic (exact) mass is 325 g/mol. The normalized spacial score (nSPS) is 23.6. The summed E-state index contributed by atoms with van der Waals surface area (Å²) in [6, 6.07) is 9.01. The Balaban J connectivity index is 2.31. The van der Waals surface area contributed by atoms with Gasteiger partial charge in [0.25, 0.3) is 0 Å². The molecule has 106 valence electrons. The highest BCUT2D eigenvalue weighted by Crippen LogP contribution is 2.32. The van der Waals surface area contributed by atoms with E-state index in [9.17, 15) is 0 Å². The Hall–Kier alpha value is -0.580. The summed E-state index contributed by atoms with van der Waals surface area (Å²) in [5.74, 6) is 0. The van der Waals surface area contributed by atoms with Crippen LogP contribution in [0.3, 0.4) is 0 Å². The molecular formula is C15H24BrN3. The van der Waals surface area contributed by atoms with Gasteiger partial charge in [0.05, 0.1) is 11.7 Å². The van der Waals surface area contributed by atoms with Crippen molar-refractivity contribution in [2.45, 2.75) is 25.4 Å². The minimum Gasteiger partial charge on any atom is -0.363 e. The van der Waals surface area contributed by atoms with Crippen LogP contribution in [-0.4, -0.2) is 50.2 Å². The predicted octanol–water partition coefficient (Wildman–Crippen LogP) is 2.57. The van der Waals surface area contributed by atoms with E-state index in [1.807, 2.05) is 7.05 Å². The van der Waals surface area contributed by atoms with Gasteiger partial charge in [0.15, 0.2) is 0 Å². The number of rotatable bonds is 3. The van der Waals surface area contributed by atoms with E-state index in [-0.39, 0.29) is 5.54 Å². The van der Waals surface area contributed by atoms with Gasteiger partial charge in [0.2, 0.25) is 0 Å². The van der Waals surface area contributed by atoms with Crippen LogP contribution >= 0.6 is 15.9 Å². The van der Waals surface area contributed by atoms with Gasteiger partial charge in [0.1, 0.15) is 0 Å². The molecule has 0 spiro atoms. The molecule has 1 aromatic rings. The molecule has 1 atom stereocenters. The third kappa shape index (κ3) is 3.12. The minimum atomic E-state index is 0.194. The second kappa shape index (κ2) is 5.81.